The molecule has 0 aliphatic rings. The summed E-state index contributed by atoms with van der Waals surface area (Å²) in [6.07, 6.45) is 3.42. The van der Waals surface area contributed by atoms with Crippen LogP contribution in [0, 0.1) is 20.8 Å². The predicted molar refractivity (Wildman–Crippen MR) is 118 cm³/mol. The molecule has 29 heavy (non-hydrogen) atoms. The van der Waals surface area contributed by atoms with Gasteiger partial charge in [0.15, 0.2) is 5.78 Å². The number of benzene rings is 3. The highest BCUT2D eigenvalue weighted by molar-refractivity contribution is 6.06. The van der Waals surface area contributed by atoms with Crippen LogP contribution < -0.4 is 9.47 Å². The lowest BCUT2D eigenvalue weighted by Gasteiger charge is -2.13. The first-order chi connectivity index (χ1) is 14.0. The topological polar surface area (TPSA) is 35.5 Å². The summed E-state index contributed by atoms with van der Waals surface area (Å²) in [5.41, 5.74) is 5.99. The lowest BCUT2D eigenvalue weighted by atomic mass is 10.1. The SMILES string of the molecule is COc1ccc(/C=C/C(=O)c2ccc(C)cc2)cc1COc1cccc(C)c1C. The van der Waals surface area contributed by atoms with Crippen molar-refractivity contribution in [2.24, 2.45) is 0 Å². The molecule has 3 heteroatoms. The second-order valence-corrected chi connectivity index (χ2v) is 7.12. The van der Waals surface area contributed by atoms with Gasteiger partial charge in [-0.15, -0.1) is 0 Å². The zero-order valence-electron chi connectivity index (χ0n) is 17.4. The predicted octanol–water partition coefficient (Wildman–Crippen LogP) is 6.10. The van der Waals surface area contributed by atoms with Gasteiger partial charge >= 0.3 is 0 Å². The molecular formula is C26H26O3. The Labute approximate surface area is 172 Å². The third kappa shape index (κ3) is 5.14. The minimum Gasteiger partial charge on any atom is -0.496 e. The number of methoxy groups -OCH3 is 1. The zero-order chi connectivity index (χ0) is 20.8. The van der Waals surface area contributed by atoms with Gasteiger partial charge in [-0.2, -0.15) is 0 Å². The summed E-state index contributed by atoms with van der Waals surface area (Å²) in [5, 5.41) is 0. The fourth-order valence-corrected chi connectivity index (χ4v) is 3.04. The van der Waals surface area contributed by atoms with Crippen molar-refractivity contribution in [1.29, 1.82) is 0 Å². The van der Waals surface area contributed by atoms with Crippen LogP contribution in [-0.4, -0.2) is 12.9 Å². The van der Waals surface area contributed by atoms with Crippen molar-refractivity contribution >= 4 is 11.9 Å². The smallest absolute Gasteiger partial charge is 0.185 e. The lowest BCUT2D eigenvalue weighted by molar-refractivity contribution is 0.104. The van der Waals surface area contributed by atoms with Gasteiger partial charge in [0.1, 0.15) is 18.1 Å². The molecule has 0 radical (unpaired) electrons. The number of hydrogen-bond acceptors (Lipinski definition) is 3. The van der Waals surface area contributed by atoms with Crippen molar-refractivity contribution in [3.05, 3.63) is 100 Å². The van der Waals surface area contributed by atoms with Crippen LogP contribution in [-0.2, 0) is 6.61 Å². The first kappa shape index (κ1) is 20.4. The molecule has 0 fully saturated rings. The molecular weight excluding hydrogens is 360 g/mol. The number of hydrogen-bond donors (Lipinski definition) is 0. The van der Waals surface area contributed by atoms with Crippen LogP contribution in [0.4, 0.5) is 0 Å². The van der Waals surface area contributed by atoms with Crippen LogP contribution in [0.15, 0.2) is 66.7 Å². The number of carbonyl (C=O) groups is 1. The minimum absolute atomic E-state index is 0.0194. The number of rotatable bonds is 7. The van der Waals surface area contributed by atoms with Gasteiger partial charge in [0.2, 0.25) is 0 Å². The van der Waals surface area contributed by atoms with E-state index >= 15 is 0 Å². The third-order valence-corrected chi connectivity index (χ3v) is 5.01. The van der Waals surface area contributed by atoms with Gasteiger partial charge in [0, 0.05) is 11.1 Å². The highest BCUT2D eigenvalue weighted by atomic mass is 16.5. The van der Waals surface area contributed by atoms with E-state index in [0.29, 0.717) is 12.2 Å². The molecule has 148 valence electrons. The molecule has 0 unspecified atom stereocenters. The van der Waals surface area contributed by atoms with Gasteiger partial charge in [-0.25, -0.2) is 0 Å². The lowest BCUT2D eigenvalue weighted by Crippen LogP contribution is -2.01. The van der Waals surface area contributed by atoms with Crippen LogP contribution in [0.1, 0.15) is 38.2 Å². The zero-order valence-corrected chi connectivity index (χ0v) is 17.4. The van der Waals surface area contributed by atoms with Crippen LogP contribution >= 0.6 is 0 Å². The maximum absolute atomic E-state index is 12.4. The fourth-order valence-electron chi connectivity index (χ4n) is 3.04. The second kappa shape index (κ2) is 9.24. The third-order valence-electron chi connectivity index (χ3n) is 5.01. The molecule has 3 aromatic carbocycles. The average molecular weight is 386 g/mol. The summed E-state index contributed by atoms with van der Waals surface area (Å²) in [6.45, 7) is 6.52. The van der Waals surface area contributed by atoms with E-state index in [2.05, 4.69) is 19.9 Å². The summed E-state index contributed by atoms with van der Waals surface area (Å²) in [5.74, 6) is 1.61. The van der Waals surface area contributed by atoms with Gasteiger partial charge in [-0.3, -0.25) is 4.79 Å². The van der Waals surface area contributed by atoms with E-state index in [4.69, 9.17) is 9.47 Å². The molecule has 0 bridgehead atoms. The standard InChI is InChI=1S/C26H26O3/c1-18-8-12-22(13-9-18)24(27)14-10-21-11-15-26(28-4)23(16-21)17-29-25-7-5-6-19(2)20(25)3/h5-16H,17H2,1-4H3/b14-10+. The number of aryl methyl sites for hydroxylation is 2. The fraction of sp³-hybridized carbons (Fsp3) is 0.192. The van der Waals surface area contributed by atoms with Crippen molar-refractivity contribution in [2.75, 3.05) is 7.11 Å². The Bertz CT molecular complexity index is 1030. The van der Waals surface area contributed by atoms with Crippen molar-refractivity contribution < 1.29 is 14.3 Å². The monoisotopic (exact) mass is 386 g/mol. The van der Waals surface area contributed by atoms with Gasteiger partial charge in [0.25, 0.3) is 0 Å². The molecule has 0 heterocycles. The number of allylic oxidation sites excluding steroid dienone is 1. The van der Waals surface area contributed by atoms with E-state index in [9.17, 15) is 4.79 Å². The Morgan fingerprint density at radius 3 is 2.41 bits per heavy atom. The molecule has 0 saturated heterocycles. The maximum Gasteiger partial charge on any atom is 0.185 e. The quantitative estimate of drug-likeness (QED) is 0.364. The molecule has 0 amide bonds. The summed E-state index contributed by atoms with van der Waals surface area (Å²) in [7, 11) is 1.65. The molecule has 0 N–H and O–H groups in total. The summed E-state index contributed by atoms with van der Waals surface area (Å²) < 4.78 is 11.5. The van der Waals surface area contributed by atoms with E-state index in [1.165, 1.54) is 5.56 Å². The van der Waals surface area contributed by atoms with Gasteiger partial charge in [-0.1, -0.05) is 54.1 Å². The normalized spacial score (nSPS) is 10.9. The van der Waals surface area contributed by atoms with E-state index in [-0.39, 0.29) is 5.78 Å². The summed E-state index contributed by atoms with van der Waals surface area (Å²) in [6, 6.07) is 19.4. The summed E-state index contributed by atoms with van der Waals surface area (Å²) >= 11 is 0. The van der Waals surface area contributed by atoms with Crippen LogP contribution in [0.5, 0.6) is 11.5 Å². The number of carbonyl (C=O) groups excluding carboxylic acids is 1. The first-order valence-corrected chi connectivity index (χ1v) is 9.63. The molecule has 0 atom stereocenters. The molecule has 0 saturated carbocycles. The van der Waals surface area contributed by atoms with Crippen LogP contribution in [0.25, 0.3) is 6.08 Å². The summed E-state index contributed by atoms with van der Waals surface area (Å²) in [4.78, 5) is 12.4. The Morgan fingerprint density at radius 2 is 1.69 bits per heavy atom. The second-order valence-electron chi connectivity index (χ2n) is 7.12. The Balaban J connectivity index is 1.76. The van der Waals surface area contributed by atoms with Crippen LogP contribution in [0.2, 0.25) is 0 Å². The van der Waals surface area contributed by atoms with E-state index in [1.54, 1.807) is 13.2 Å². The van der Waals surface area contributed by atoms with E-state index < -0.39 is 0 Å². The van der Waals surface area contributed by atoms with Crippen LogP contribution in [0.3, 0.4) is 0 Å². The van der Waals surface area contributed by atoms with E-state index in [0.717, 1.165) is 33.8 Å². The van der Waals surface area contributed by atoms with Crippen molar-refractivity contribution in [3.63, 3.8) is 0 Å². The molecule has 0 aromatic heterocycles. The van der Waals surface area contributed by atoms with E-state index in [1.807, 2.05) is 67.6 Å². The molecule has 3 aromatic rings. The Kier molecular flexibility index (Phi) is 6.50. The van der Waals surface area contributed by atoms with Gasteiger partial charge < -0.3 is 9.47 Å². The maximum atomic E-state index is 12.4. The Hall–Kier alpha value is -3.33. The Morgan fingerprint density at radius 1 is 0.931 bits per heavy atom. The minimum atomic E-state index is -0.0194. The molecule has 3 nitrogen and oxygen atoms in total. The highest BCUT2D eigenvalue weighted by Gasteiger charge is 2.08. The van der Waals surface area contributed by atoms with Crippen molar-refractivity contribution in [1.82, 2.24) is 0 Å². The number of ether oxygens (including phenoxy) is 2. The first-order valence-electron chi connectivity index (χ1n) is 9.63. The number of ketones is 1. The molecule has 0 aliphatic heterocycles. The molecule has 3 rings (SSSR count). The van der Waals surface area contributed by atoms with Crippen molar-refractivity contribution in [2.45, 2.75) is 27.4 Å². The average Bonchev–Trinajstić information content (AvgIpc) is 2.73. The molecule has 0 spiro atoms. The largest absolute Gasteiger partial charge is 0.496 e. The van der Waals surface area contributed by atoms with Gasteiger partial charge in [0.05, 0.1) is 7.11 Å². The van der Waals surface area contributed by atoms with Gasteiger partial charge in [-0.05, 0) is 61.7 Å². The highest BCUT2D eigenvalue weighted by Crippen LogP contribution is 2.25. The molecule has 0 aliphatic carbocycles. The van der Waals surface area contributed by atoms with Crippen molar-refractivity contribution in [3.8, 4) is 11.5 Å².